The first kappa shape index (κ1) is 19.6. The van der Waals surface area contributed by atoms with E-state index in [1.165, 1.54) is 11.8 Å². The van der Waals surface area contributed by atoms with Crippen molar-refractivity contribution in [1.29, 1.82) is 5.26 Å². The van der Waals surface area contributed by atoms with Gasteiger partial charge in [-0.05, 0) is 49.2 Å². The third-order valence-electron chi connectivity index (χ3n) is 4.10. The van der Waals surface area contributed by atoms with Gasteiger partial charge in [0, 0.05) is 6.54 Å². The van der Waals surface area contributed by atoms with Gasteiger partial charge in [-0.3, -0.25) is 14.2 Å². The van der Waals surface area contributed by atoms with Crippen LogP contribution in [0.1, 0.15) is 17.5 Å². The van der Waals surface area contributed by atoms with Crippen LogP contribution in [0.3, 0.4) is 0 Å². The van der Waals surface area contributed by atoms with Crippen molar-refractivity contribution in [2.75, 3.05) is 12.3 Å². The van der Waals surface area contributed by atoms with Crippen LogP contribution in [-0.2, 0) is 4.79 Å². The van der Waals surface area contributed by atoms with Gasteiger partial charge in [-0.1, -0.05) is 30.0 Å². The SMILES string of the molecule is Cc1cc(C)cc(-n2c(SCC(=O)NCCC#N)nc3ccccc3c2=O)c1. The summed E-state index contributed by atoms with van der Waals surface area (Å²) < 4.78 is 1.57. The molecule has 0 spiro atoms. The van der Waals surface area contributed by atoms with Gasteiger partial charge in [-0.25, -0.2) is 4.98 Å². The van der Waals surface area contributed by atoms with Crippen molar-refractivity contribution in [3.8, 4) is 11.8 Å². The van der Waals surface area contributed by atoms with Crippen molar-refractivity contribution >= 4 is 28.6 Å². The Morgan fingerprint density at radius 3 is 2.64 bits per heavy atom. The first-order valence-electron chi connectivity index (χ1n) is 8.86. The average Bonchev–Trinajstić information content (AvgIpc) is 2.66. The molecule has 0 atom stereocenters. The fourth-order valence-electron chi connectivity index (χ4n) is 2.96. The number of aromatic nitrogens is 2. The Bertz CT molecular complexity index is 1110. The monoisotopic (exact) mass is 392 g/mol. The Kier molecular flexibility index (Phi) is 6.12. The minimum Gasteiger partial charge on any atom is -0.354 e. The number of benzene rings is 2. The van der Waals surface area contributed by atoms with Crippen molar-refractivity contribution in [3.05, 3.63) is 63.9 Å². The lowest BCUT2D eigenvalue weighted by Crippen LogP contribution is -2.27. The molecule has 0 aliphatic rings. The quantitative estimate of drug-likeness (QED) is 0.396. The van der Waals surface area contributed by atoms with Crippen LogP contribution in [-0.4, -0.2) is 27.8 Å². The van der Waals surface area contributed by atoms with Crippen molar-refractivity contribution in [2.24, 2.45) is 0 Å². The van der Waals surface area contributed by atoms with Gasteiger partial charge in [0.2, 0.25) is 5.91 Å². The summed E-state index contributed by atoms with van der Waals surface area (Å²) in [5, 5.41) is 12.3. The first-order chi connectivity index (χ1) is 13.5. The molecule has 3 rings (SSSR count). The van der Waals surface area contributed by atoms with Gasteiger partial charge in [0.05, 0.1) is 34.8 Å². The van der Waals surface area contributed by atoms with Crippen molar-refractivity contribution < 1.29 is 4.79 Å². The molecule has 0 bridgehead atoms. The molecule has 0 saturated carbocycles. The van der Waals surface area contributed by atoms with E-state index in [0.29, 0.717) is 22.6 Å². The number of thioether (sulfide) groups is 1. The summed E-state index contributed by atoms with van der Waals surface area (Å²) in [6.45, 7) is 4.27. The van der Waals surface area contributed by atoms with Crippen molar-refractivity contribution in [2.45, 2.75) is 25.4 Å². The Morgan fingerprint density at radius 1 is 1.21 bits per heavy atom. The highest BCUT2D eigenvalue weighted by Gasteiger charge is 2.15. The van der Waals surface area contributed by atoms with E-state index in [-0.39, 0.29) is 23.6 Å². The summed E-state index contributed by atoms with van der Waals surface area (Å²) in [5.74, 6) is -0.0873. The molecule has 2 aromatic carbocycles. The molecular weight excluding hydrogens is 372 g/mol. The van der Waals surface area contributed by atoms with Crippen LogP contribution in [0.15, 0.2) is 52.4 Å². The summed E-state index contributed by atoms with van der Waals surface area (Å²) >= 11 is 1.21. The van der Waals surface area contributed by atoms with Crippen LogP contribution in [0.25, 0.3) is 16.6 Å². The lowest BCUT2D eigenvalue weighted by atomic mass is 10.1. The van der Waals surface area contributed by atoms with Crippen molar-refractivity contribution in [3.63, 3.8) is 0 Å². The second kappa shape index (κ2) is 8.72. The standard InChI is InChI=1S/C21H20N4O2S/c1-14-10-15(2)12-16(11-14)25-20(27)17-6-3-4-7-18(17)24-21(25)28-13-19(26)23-9-5-8-22/h3-4,6-7,10-12H,5,9,13H2,1-2H3,(H,23,26). The van der Waals surface area contributed by atoms with Crippen LogP contribution >= 0.6 is 11.8 Å². The zero-order valence-electron chi connectivity index (χ0n) is 15.7. The van der Waals surface area contributed by atoms with E-state index >= 15 is 0 Å². The topological polar surface area (TPSA) is 87.8 Å². The molecule has 28 heavy (non-hydrogen) atoms. The van der Waals surface area contributed by atoms with E-state index in [9.17, 15) is 9.59 Å². The maximum atomic E-state index is 13.2. The van der Waals surface area contributed by atoms with Crippen LogP contribution in [0.4, 0.5) is 0 Å². The molecule has 0 saturated heterocycles. The number of aryl methyl sites for hydroxylation is 2. The number of para-hydroxylation sites is 1. The molecule has 6 nitrogen and oxygen atoms in total. The number of carbonyl (C=O) groups is 1. The predicted octanol–water partition coefficient (Wildman–Crippen LogP) is 3.12. The minimum atomic E-state index is -0.199. The van der Waals surface area contributed by atoms with Gasteiger partial charge in [-0.15, -0.1) is 0 Å². The number of nitrogens with zero attached hydrogens (tertiary/aromatic N) is 3. The Morgan fingerprint density at radius 2 is 1.93 bits per heavy atom. The molecule has 0 radical (unpaired) electrons. The zero-order valence-corrected chi connectivity index (χ0v) is 16.5. The van der Waals surface area contributed by atoms with Crippen LogP contribution < -0.4 is 10.9 Å². The Hall–Kier alpha value is -3.11. The number of carbonyl (C=O) groups excluding carboxylic acids is 1. The smallest absolute Gasteiger partial charge is 0.266 e. The maximum absolute atomic E-state index is 13.2. The summed E-state index contributed by atoms with van der Waals surface area (Å²) in [4.78, 5) is 29.9. The van der Waals surface area contributed by atoms with Gasteiger partial charge in [-0.2, -0.15) is 5.26 Å². The van der Waals surface area contributed by atoms with E-state index in [4.69, 9.17) is 5.26 Å². The Balaban J connectivity index is 2.04. The van der Waals surface area contributed by atoms with Gasteiger partial charge in [0.15, 0.2) is 5.16 Å². The van der Waals surface area contributed by atoms with Gasteiger partial charge in [0.25, 0.3) is 5.56 Å². The van der Waals surface area contributed by atoms with E-state index in [1.54, 1.807) is 16.7 Å². The average molecular weight is 392 g/mol. The normalized spacial score (nSPS) is 10.6. The summed E-state index contributed by atoms with van der Waals surface area (Å²) in [6.07, 6.45) is 0.262. The summed E-state index contributed by atoms with van der Waals surface area (Å²) in [7, 11) is 0. The fraction of sp³-hybridized carbons (Fsp3) is 0.238. The summed E-state index contributed by atoms with van der Waals surface area (Å²) in [6, 6.07) is 15.1. The lowest BCUT2D eigenvalue weighted by molar-refractivity contribution is -0.118. The predicted molar refractivity (Wildman–Crippen MR) is 111 cm³/mol. The first-order valence-corrected chi connectivity index (χ1v) is 9.85. The second-order valence-electron chi connectivity index (χ2n) is 6.44. The van der Waals surface area contributed by atoms with E-state index in [2.05, 4.69) is 10.3 Å². The van der Waals surface area contributed by atoms with E-state index < -0.39 is 0 Å². The molecule has 1 aromatic heterocycles. The third-order valence-corrected chi connectivity index (χ3v) is 5.04. The maximum Gasteiger partial charge on any atom is 0.266 e. The second-order valence-corrected chi connectivity index (χ2v) is 7.39. The minimum absolute atomic E-state index is 0.112. The number of nitriles is 1. The Labute approximate surface area is 167 Å². The van der Waals surface area contributed by atoms with E-state index in [1.807, 2.05) is 50.2 Å². The zero-order chi connectivity index (χ0) is 20.1. The molecule has 1 N–H and O–H groups in total. The number of hydrogen-bond acceptors (Lipinski definition) is 5. The van der Waals surface area contributed by atoms with Crippen LogP contribution in [0.5, 0.6) is 0 Å². The molecular formula is C21H20N4O2S. The highest BCUT2D eigenvalue weighted by atomic mass is 32.2. The fourth-order valence-corrected chi connectivity index (χ4v) is 3.80. The molecule has 142 valence electrons. The molecule has 3 aromatic rings. The molecule has 1 heterocycles. The van der Waals surface area contributed by atoms with Crippen LogP contribution in [0, 0.1) is 25.2 Å². The van der Waals surface area contributed by atoms with Crippen LogP contribution in [0.2, 0.25) is 0 Å². The molecule has 7 heteroatoms. The van der Waals surface area contributed by atoms with Gasteiger partial charge >= 0.3 is 0 Å². The largest absolute Gasteiger partial charge is 0.354 e. The van der Waals surface area contributed by atoms with Gasteiger partial charge < -0.3 is 5.32 Å². The third kappa shape index (κ3) is 4.41. The lowest BCUT2D eigenvalue weighted by Gasteiger charge is -2.14. The summed E-state index contributed by atoms with van der Waals surface area (Å²) in [5.41, 5.74) is 3.25. The highest BCUT2D eigenvalue weighted by molar-refractivity contribution is 7.99. The highest BCUT2D eigenvalue weighted by Crippen LogP contribution is 2.22. The molecule has 0 fully saturated rings. The molecule has 0 unspecified atom stereocenters. The van der Waals surface area contributed by atoms with Gasteiger partial charge in [0.1, 0.15) is 0 Å². The molecule has 1 amide bonds. The molecule has 0 aliphatic heterocycles. The number of fused-ring (bicyclic) bond motifs is 1. The van der Waals surface area contributed by atoms with E-state index in [0.717, 1.165) is 16.8 Å². The number of hydrogen-bond donors (Lipinski definition) is 1. The number of amides is 1. The number of rotatable bonds is 6. The van der Waals surface area contributed by atoms with Crippen molar-refractivity contribution in [1.82, 2.24) is 14.9 Å². The molecule has 0 aliphatic carbocycles. The number of nitrogens with one attached hydrogen (secondary N) is 1.